The SMILES string of the molecule is CCc1ccc(C2/C(=C(/O)c3ccc(C)c(C)c3)C(=O)C(=O)N2CCOC)cc1. The molecule has 3 rings (SSSR count). The van der Waals surface area contributed by atoms with Crippen LogP contribution in [0, 0.1) is 13.8 Å². The molecule has 1 saturated heterocycles. The first kappa shape index (κ1) is 20.8. The zero-order chi connectivity index (χ0) is 21.1. The van der Waals surface area contributed by atoms with Crippen molar-refractivity contribution in [3.05, 3.63) is 75.9 Å². The number of aliphatic hydroxyl groups excluding tert-OH is 1. The Balaban J connectivity index is 2.15. The van der Waals surface area contributed by atoms with Gasteiger partial charge in [0.1, 0.15) is 5.76 Å². The lowest BCUT2D eigenvalue weighted by atomic mass is 9.93. The number of carbonyl (C=O) groups is 2. The molecular formula is C24H27NO4. The number of ether oxygens (including phenoxy) is 1. The van der Waals surface area contributed by atoms with Gasteiger partial charge < -0.3 is 14.7 Å². The molecule has 0 bridgehead atoms. The number of nitrogens with zero attached hydrogens (tertiary/aromatic N) is 1. The van der Waals surface area contributed by atoms with Gasteiger partial charge in [-0.3, -0.25) is 9.59 Å². The van der Waals surface area contributed by atoms with Gasteiger partial charge in [-0.25, -0.2) is 0 Å². The smallest absolute Gasteiger partial charge is 0.295 e. The lowest BCUT2D eigenvalue weighted by Crippen LogP contribution is -2.32. The van der Waals surface area contributed by atoms with E-state index in [1.807, 2.05) is 50.2 Å². The first-order chi connectivity index (χ1) is 13.9. The standard InChI is InChI=1S/C24H27NO4/c1-5-17-7-10-18(11-8-17)21-20(23(27)24(28)25(21)12-13-29-4)22(26)19-9-6-15(2)16(3)14-19/h6-11,14,21,26H,5,12-13H2,1-4H3/b22-20-. The maximum absolute atomic E-state index is 12.9. The van der Waals surface area contributed by atoms with E-state index in [0.717, 1.165) is 28.7 Å². The number of methoxy groups -OCH3 is 1. The highest BCUT2D eigenvalue weighted by molar-refractivity contribution is 6.46. The molecule has 1 atom stereocenters. The van der Waals surface area contributed by atoms with Crippen LogP contribution in [0.2, 0.25) is 0 Å². The van der Waals surface area contributed by atoms with Gasteiger partial charge in [-0.15, -0.1) is 0 Å². The molecule has 5 heteroatoms. The largest absolute Gasteiger partial charge is 0.507 e. The van der Waals surface area contributed by atoms with Crippen molar-refractivity contribution in [2.75, 3.05) is 20.3 Å². The van der Waals surface area contributed by atoms with Gasteiger partial charge in [-0.05, 0) is 48.6 Å². The number of likely N-dealkylation sites (tertiary alicyclic amines) is 1. The summed E-state index contributed by atoms with van der Waals surface area (Å²) in [4.78, 5) is 27.1. The molecule has 0 aromatic heterocycles. The second-order valence-electron chi connectivity index (χ2n) is 7.38. The van der Waals surface area contributed by atoms with Crippen molar-refractivity contribution in [1.82, 2.24) is 4.90 Å². The van der Waals surface area contributed by atoms with Crippen LogP contribution in [0.5, 0.6) is 0 Å². The fraction of sp³-hybridized carbons (Fsp3) is 0.333. The summed E-state index contributed by atoms with van der Waals surface area (Å²) in [6.07, 6.45) is 0.896. The van der Waals surface area contributed by atoms with Gasteiger partial charge in [0.25, 0.3) is 11.7 Å². The number of hydrogen-bond donors (Lipinski definition) is 1. The summed E-state index contributed by atoms with van der Waals surface area (Å²) in [7, 11) is 1.55. The highest BCUT2D eigenvalue weighted by atomic mass is 16.5. The predicted molar refractivity (Wildman–Crippen MR) is 113 cm³/mol. The molecule has 1 aliphatic rings. The summed E-state index contributed by atoms with van der Waals surface area (Å²) in [5.41, 5.74) is 4.71. The van der Waals surface area contributed by atoms with Crippen molar-refractivity contribution >= 4 is 17.4 Å². The fourth-order valence-electron chi connectivity index (χ4n) is 3.63. The van der Waals surface area contributed by atoms with E-state index in [2.05, 4.69) is 6.92 Å². The van der Waals surface area contributed by atoms with Crippen molar-refractivity contribution in [2.45, 2.75) is 33.2 Å². The van der Waals surface area contributed by atoms with Crippen molar-refractivity contribution in [2.24, 2.45) is 0 Å². The van der Waals surface area contributed by atoms with E-state index in [0.29, 0.717) is 12.2 Å². The average Bonchev–Trinajstić information content (AvgIpc) is 2.98. The van der Waals surface area contributed by atoms with Crippen LogP contribution in [0.3, 0.4) is 0 Å². The molecule has 1 fully saturated rings. The van der Waals surface area contributed by atoms with Crippen LogP contribution in [0.15, 0.2) is 48.0 Å². The molecule has 29 heavy (non-hydrogen) atoms. The number of ketones is 1. The normalized spacial score (nSPS) is 18.5. The third kappa shape index (κ3) is 3.96. The lowest BCUT2D eigenvalue weighted by Gasteiger charge is -2.25. The van der Waals surface area contributed by atoms with Gasteiger partial charge in [0.2, 0.25) is 0 Å². The van der Waals surface area contributed by atoms with E-state index in [1.165, 1.54) is 4.90 Å². The van der Waals surface area contributed by atoms with Gasteiger partial charge in [0, 0.05) is 19.2 Å². The highest BCUT2D eigenvalue weighted by Crippen LogP contribution is 2.39. The third-order valence-electron chi connectivity index (χ3n) is 5.56. The van der Waals surface area contributed by atoms with Crippen molar-refractivity contribution in [3.8, 4) is 0 Å². The molecule has 0 spiro atoms. The van der Waals surface area contributed by atoms with Crippen LogP contribution in [0.1, 0.15) is 40.8 Å². The summed E-state index contributed by atoms with van der Waals surface area (Å²) < 4.78 is 5.13. The average molecular weight is 393 g/mol. The second-order valence-corrected chi connectivity index (χ2v) is 7.38. The van der Waals surface area contributed by atoms with E-state index < -0.39 is 17.7 Å². The number of aryl methyl sites for hydroxylation is 3. The van der Waals surface area contributed by atoms with E-state index in [4.69, 9.17) is 4.74 Å². The quantitative estimate of drug-likeness (QED) is 0.459. The number of aliphatic hydroxyl groups is 1. The van der Waals surface area contributed by atoms with Crippen LogP contribution in [0.4, 0.5) is 0 Å². The third-order valence-corrected chi connectivity index (χ3v) is 5.56. The Morgan fingerprint density at radius 1 is 1.07 bits per heavy atom. The number of amides is 1. The molecule has 5 nitrogen and oxygen atoms in total. The van der Waals surface area contributed by atoms with E-state index in [9.17, 15) is 14.7 Å². The van der Waals surface area contributed by atoms with E-state index in [-0.39, 0.29) is 17.9 Å². The molecule has 152 valence electrons. The van der Waals surface area contributed by atoms with Gasteiger partial charge in [-0.1, -0.05) is 43.3 Å². The lowest BCUT2D eigenvalue weighted by molar-refractivity contribution is -0.140. The summed E-state index contributed by atoms with van der Waals surface area (Å²) in [5.74, 6) is -1.42. The molecule has 1 heterocycles. The minimum Gasteiger partial charge on any atom is -0.507 e. The number of rotatable bonds is 6. The van der Waals surface area contributed by atoms with Crippen LogP contribution < -0.4 is 0 Å². The molecule has 2 aromatic carbocycles. The van der Waals surface area contributed by atoms with Crippen LogP contribution >= 0.6 is 0 Å². The minimum absolute atomic E-state index is 0.124. The van der Waals surface area contributed by atoms with Gasteiger partial charge in [0.05, 0.1) is 18.2 Å². The Labute approximate surface area is 171 Å². The molecule has 1 amide bonds. The zero-order valence-corrected chi connectivity index (χ0v) is 17.4. The van der Waals surface area contributed by atoms with Crippen molar-refractivity contribution in [3.63, 3.8) is 0 Å². The Hall–Kier alpha value is -2.92. The summed E-state index contributed by atoms with van der Waals surface area (Å²) >= 11 is 0. The Morgan fingerprint density at radius 3 is 2.34 bits per heavy atom. The first-order valence-electron chi connectivity index (χ1n) is 9.82. The molecule has 1 N–H and O–H groups in total. The molecule has 0 saturated carbocycles. The predicted octanol–water partition coefficient (Wildman–Crippen LogP) is 3.93. The van der Waals surface area contributed by atoms with Gasteiger partial charge in [0.15, 0.2) is 0 Å². The molecule has 1 unspecified atom stereocenters. The first-order valence-corrected chi connectivity index (χ1v) is 9.82. The summed E-state index contributed by atoms with van der Waals surface area (Å²) in [6.45, 7) is 6.58. The monoisotopic (exact) mass is 393 g/mol. The van der Waals surface area contributed by atoms with E-state index in [1.54, 1.807) is 13.2 Å². The Bertz CT molecular complexity index is 959. The summed E-state index contributed by atoms with van der Waals surface area (Å²) in [6, 6.07) is 12.7. The van der Waals surface area contributed by atoms with Crippen molar-refractivity contribution < 1.29 is 19.4 Å². The summed E-state index contributed by atoms with van der Waals surface area (Å²) in [5, 5.41) is 11.0. The molecule has 2 aromatic rings. The van der Waals surface area contributed by atoms with Crippen molar-refractivity contribution in [1.29, 1.82) is 0 Å². The van der Waals surface area contributed by atoms with Crippen LogP contribution in [-0.2, 0) is 20.7 Å². The zero-order valence-electron chi connectivity index (χ0n) is 17.4. The molecule has 0 aliphatic carbocycles. The Kier molecular flexibility index (Phi) is 6.18. The maximum Gasteiger partial charge on any atom is 0.295 e. The number of benzene rings is 2. The van der Waals surface area contributed by atoms with Gasteiger partial charge >= 0.3 is 0 Å². The number of Topliss-reactive ketones (excluding diaryl/α,β-unsaturated/α-hetero) is 1. The topological polar surface area (TPSA) is 66.8 Å². The van der Waals surface area contributed by atoms with Crippen LogP contribution in [0.25, 0.3) is 5.76 Å². The number of hydrogen-bond acceptors (Lipinski definition) is 4. The molecular weight excluding hydrogens is 366 g/mol. The Morgan fingerprint density at radius 2 is 1.76 bits per heavy atom. The number of carbonyl (C=O) groups excluding carboxylic acids is 2. The van der Waals surface area contributed by atoms with Gasteiger partial charge in [-0.2, -0.15) is 0 Å². The molecule has 1 aliphatic heterocycles. The van der Waals surface area contributed by atoms with Crippen LogP contribution in [-0.4, -0.2) is 42.0 Å². The minimum atomic E-state index is -0.665. The van der Waals surface area contributed by atoms with E-state index >= 15 is 0 Å². The highest BCUT2D eigenvalue weighted by Gasteiger charge is 2.45. The second kappa shape index (κ2) is 8.62. The molecule has 0 radical (unpaired) electrons. The fourth-order valence-corrected chi connectivity index (χ4v) is 3.63. The maximum atomic E-state index is 12.9.